The fraction of sp³-hybridized carbons (Fsp3) is 0.667. The number of aliphatic imine (C=N–C) groups is 1. The molecule has 1 aliphatic heterocycles. The van der Waals surface area contributed by atoms with Gasteiger partial charge < -0.3 is 19.9 Å². The lowest BCUT2D eigenvalue weighted by atomic mass is 10.1. The van der Waals surface area contributed by atoms with Gasteiger partial charge in [0.25, 0.3) is 0 Å². The van der Waals surface area contributed by atoms with Crippen LogP contribution >= 0.6 is 24.0 Å². The molecule has 6 heteroatoms. The van der Waals surface area contributed by atoms with E-state index in [1.165, 1.54) is 16.8 Å². The van der Waals surface area contributed by atoms with Crippen LogP contribution < -0.4 is 10.2 Å². The molecule has 5 nitrogen and oxygen atoms in total. The Hall–Kier alpha value is -1.02. The van der Waals surface area contributed by atoms with Crippen LogP contribution in [0.4, 0.5) is 5.69 Å². The van der Waals surface area contributed by atoms with Crippen molar-refractivity contribution < 1.29 is 4.74 Å². The Labute approximate surface area is 182 Å². The van der Waals surface area contributed by atoms with Crippen molar-refractivity contribution in [3.63, 3.8) is 0 Å². The average molecular weight is 488 g/mol. The summed E-state index contributed by atoms with van der Waals surface area (Å²) < 4.78 is 5.40. The lowest BCUT2D eigenvalue weighted by Crippen LogP contribution is -2.52. The SMILES string of the molecule is CCNC(=NCCCCOCC)N1CCN(c2cccc(C)c2C)CC1.I. The Bertz CT molecular complexity index is 571. The quantitative estimate of drug-likeness (QED) is 0.262. The largest absolute Gasteiger partial charge is 0.382 e. The molecule has 2 rings (SSSR count). The first-order chi connectivity index (χ1) is 12.7. The summed E-state index contributed by atoms with van der Waals surface area (Å²) in [5.41, 5.74) is 4.14. The van der Waals surface area contributed by atoms with Crippen LogP contribution in [0.3, 0.4) is 0 Å². The number of hydrogen-bond acceptors (Lipinski definition) is 3. The number of hydrogen-bond donors (Lipinski definition) is 1. The first kappa shape index (κ1) is 24.0. The van der Waals surface area contributed by atoms with Gasteiger partial charge in [-0.25, -0.2) is 0 Å². The number of anilines is 1. The smallest absolute Gasteiger partial charge is 0.194 e. The van der Waals surface area contributed by atoms with E-state index in [1.54, 1.807) is 0 Å². The van der Waals surface area contributed by atoms with E-state index in [-0.39, 0.29) is 24.0 Å². The van der Waals surface area contributed by atoms with Crippen molar-refractivity contribution in [1.29, 1.82) is 0 Å². The number of guanidine groups is 1. The van der Waals surface area contributed by atoms with Gasteiger partial charge in [0.2, 0.25) is 0 Å². The molecule has 0 unspecified atom stereocenters. The second-order valence-corrected chi connectivity index (χ2v) is 6.83. The molecule has 1 saturated heterocycles. The van der Waals surface area contributed by atoms with Crippen LogP contribution in [0.25, 0.3) is 0 Å². The number of unbranched alkanes of at least 4 members (excludes halogenated alkanes) is 1. The van der Waals surface area contributed by atoms with Crippen molar-refractivity contribution in [2.75, 3.05) is 57.4 Å². The molecule has 1 heterocycles. The number of benzene rings is 1. The molecule has 0 bridgehead atoms. The molecule has 0 atom stereocenters. The minimum atomic E-state index is 0. The molecule has 0 aliphatic carbocycles. The lowest BCUT2D eigenvalue weighted by molar-refractivity contribution is 0.144. The summed E-state index contributed by atoms with van der Waals surface area (Å²) >= 11 is 0. The fourth-order valence-corrected chi connectivity index (χ4v) is 3.31. The molecule has 1 fully saturated rings. The summed E-state index contributed by atoms with van der Waals surface area (Å²) in [7, 11) is 0. The van der Waals surface area contributed by atoms with E-state index in [0.29, 0.717) is 0 Å². The number of nitrogens with one attached hydrogen (secondary N) is 1. The third kappa shape index (κ3) is 7.49. The number of ether oxygens (including phenoxy) is 1. The monoisotopic (exact) mass is 488 g/mol. The average Bonchev–Trinajstić information content (AvgIpc) is 2.66. The van der Waals surface area contributed by atoms with Crippen LogP contribution in [0.1, 0.15) is 37.8 Å². The Balaban J connectivity index is 0.00000364. The van der Waals surface area contributed by atoms with Crippen molar-refractivity contribution in [2.45, 2.75) is 40.5 Å². The molecule has 0 aromatic heterocycles. The number of rotatable bonds is 8. The molecule has 1 aromatic carbocycles. The van der Waals surface area contributed by atoms with E-state index in [2.05, 4.69) is 54.1 Å². The van der Waals surface area contributed by atoms with Gasteiger partial charge >= 0.3 is 0 Å². The van der Waals surface area contributed by atoms with Crippen LogP contribution in [0.15, 0.2) is 23.2 Å². The zero-order chi connectivity index (χ0) is 18.8. The van der Waals surface area contributed by atoms with Crippen LogP contribution in [-0.2, 0) is 4.74 Å². The molecule has 0 saturated carbocycles. The maximum atomic E-state index is 5.40. The Morgan fingerprint density at radius 3 is 2.52 bits per heavy atom. The van der Waals surface area contributed by atoms with Crippen molar-refractivity contribution in [3.8, 4) is 0 Å². The van der Waals surface area contributed by atoms with Gasteiger partial charge in [-0.15, -0.1) is 24.0 Å². The maximum absolute atomic E-state index is 5.40. The summed E-state index contributed by atoms with van der Waals surface area (Å²) in [5, 5.41) is 3.46. The topological polar surface area (TPSA) is 40.1 Å². The highest BCUT2D eigenvalue weighted by Crippen LogP contribution is 2.23. The summed E-state index contributed by atoms with van der Waals surface area (Å²) in [5.74, 6) is 1.06. The van der Waals surface area contributed by atoms with Crippen molar-refractivity contribution >= 4 is 35.6 Å². The molecule has 1 aromatic rings. The van der Waals surface area contributed by atoms with E-state index in [0.717, 1.165) is 71.3 Å². The lowest BCUT2D eigenvalue weighted by Gasteiger charge is -2.38. The number of nitrogens with zero attached hydrogens (tertiary/aromatic N) is 3. The van der Waals surface area contributed by atoms with Gasteiger partial charge in [0.1, 0.15) is 0 Å². The maximum Gasteiger partial charge on any atom is 0.194 e. The zero-order valence-electron chi connectivity index (χ0n) is 17.5. The molecule has 1 aliphatic rings. The first-order valence-corrected chi connectivity index (χ1v) is 10.1. The predicted octanol–water partition coefficient (Wildman–Crippen LogP) is 3.83. The van der Waals surface area contributed by atoms with E-state index >= 15 is 0 Å². The van der Waals surface area contributed by atoms with Gasteiger partial charge in [-0.3, -0.25) is 4.99 Å². The predicted molar refractivity (Wildman–Crippen MR) is 127 cm³/mol. The van der Waals surface area contributed by atoms with Gasteiger partial charge in [-0.2, -0.15) is 0 Å². The van der Waals surface area contributed by atoms with Gasteiger partial charge in [0, 0.05) is 58.2 Å². The van der Waals surface area contributed by atoms with Crippen molar-refractivity contribution in [3.05, 3.63) is 29.3 Å². The minimum absolute atomic E-state index is 0. The van der Waals surface area contributed by atoms with Gasteiger partial charge in [0.15, 0.2) is 5.96 Å². The molecule has 1 N–H and O–H groups in total. The normalized spacial score (nSPS) is 14.9. The molecular formula is C21H37IN4O. The Morgan fingerprint density at radius 1 is 1.11 bits per heavy atom. The zero-order valence-corrected chi connectivity index (χ0v) is 19.8. The Kier molecular flexibility index (Phi) is 11.7. The molecule has 0 amide bonds. The van der Waals surface area contributed by atoms with Gasteiger partial charge in [0.05, 0.1) is 0 Å². The number of halogens is 1. The van der Waals surface area contributed by atoms with Crippen molar-refractivity contribution in [1.82, 2.24) is 10.2 Å². The minimum Gasteiger partial charge on any atom is -0.382 e. The van der Waals surface area contributed by atoms with Gasteiger partial charge in [-0.1, -0.05) is 12.1 Å². The first-order valence-electron chi connectivity index (χ1n) is 10.1. The molecule has 154 valence electrons. The summed E-state index contributed by atoms with van der Waals surface area (Å²) in [4.78, 5) is 9.72. The molecule has 0 spiro atoms. The van der Waals surface area contributed by atoms with E-state index < -0.39 is 0 Å². The molecule has 0 radical (unpaired) electrons. The second kappa shape index (κ2) is 13.2. The van der Waals surface area contributed by atoms with E-state index in [4.69, 9.17) is 9.73 Å². The van der Waals surface area contributed by atoms with Crippen LogP contribution in [0, 0.1) is 13.8 Å². The summed E-state index contributed by atoms with van der Waals surface area (Å²) in [6.45, 7) is 16.1. The third-order valence-electron chi connectivity index (χ3n) is 4.99. The van der Waals surface area contributed by atoms with Crippen molar-refractivity contribution in [2.24, 2.45) is 4.99 Å². The molecule has 27 heavy (non-hydrogen) atoms. The number of piperazine rings is 1. The van der Waals surface area contributed by atoms with E-state index in [1.807, 2.05) is 6.92 Å². The fourth-order valence-electron chi connectivity index (χ4n) is 3.31. The Morgan fingerprint density at radius 2 is 1.85 bits per heavy atom. The van der Waals surface area contributed by atoms with E-state index in [9.17, 15) is 0 Å². The molecular weight excluding hydrogens is 451 g/mol. The van der Waals surface area contributed by atoms with Crippen LogP contribution in [-0.4, -0.2) is 63.3 Å². The standard InChI is InChI=1S/C21H36N4O.HI/c1-5-22-21(23-12-7-8-17-26-6-2)25-15-13-24(14-16-25)20-11-9-10-18(3)19(20)4;/h9-11H,5-8,12-17H2,1-4H3,(H,22,23);1H. The summed E-state index contributed by atoms with van der Waals surface area (Å²) in [6, 6.07) is 6.60. The van der Waals surface area contributed by atoms with Crippen LogP contribution in [0.2, 0.25) is 0 Å². The highest BCUT2D eigenvalue weighted by Gasteiger charge is 2.20. The third-order valence-corrected chi connectivity index (χ3v) is 4.99. The number of aryl methyl sites for hydroxylation is 1. The highest BCUT2D eigenvalue weighted by molar-refractivity contribution is 14.0. The van der Waals surface area contributed by atoms with Gasteiger partial charge in [-0.05, 0) is 57.7 Å². The second-order valence-electron chi connectivity index (χ2n) is 6.83. The summed E-state index contributed by atoms with van der Waals surface area (Å²) in [6.07, 6.45) is 2.16. The van der Waals surface area contributed by atoms with Crippen LogP contribution in [0.5, 0.6) is 0 Å². The highest BCUT2D eigenvalue weighted by atomic mass is 127.